The van der Waals surface area contributed by atoms with Crippen LogP contribution in [0.4, 0.5) is 0 Å². The summed E-state index contributed by atoms with van der Waals surface area (Å²) < 4.78 is 16.2. The van der Waals surface area contributed by atoms with Gasteiger partial charge in [0, 0.05) is 0 Å². The topological polar surface area (TPSA) is 208 Å². The Balaban J connectivity index is 2.06. The van der Waals surface area contributed by atoms with Gasteiger partial charge in [-0.15, -0.1) is 0 Å². The minimum Gasteiger partial charge on any atom is -0.388 e. The molecule has 0 saturated heterocycles. The van der Waals surface area contributed by atoms with Crippen LogP contribution in [0, 0.1) is 13.8 Å². The first-order chi connectivity index (χ1) is 14.4. The molecule has 31 heavy (non-hydrogen) atoms. The van der Waals surface area contributed by atoms with Crippen molar-refractivity contribution in [3.8, 4) is 11.5 Å². The summed E-state index contributed by atoms with van der Waals surface area (Å²) in [5, 5.41) is 30.5. The molecular formula is C17H21N4O9P. The molecule has 3 rings (SSSR count). The number of rotatable bonds is 7. The normalized spacial score (nSPS) is 15.3. The van der Waals surface area contributed by atoms with E-state index in [2.05, 4.69) is 14.5 Å². The zero-order valence-electron chi connectivity index (χ0n) is 16.5. The number of H-pyrrole nitrogens is 1. The second kappa shape index (κ2) is 8.55. The molecule has 2 heterocycles. The van der Waals surface area contributed by atoms with Crippen LogP contribution in [0.25, 0.3) is 22.6 Å². The van der Waals surface area contributed by atoms with E-state index in [0.29, 0.717) is 11.0 Å². The number of benzene rings is 1. The van der Waals surface area contributed by atoms with Crippen molar-refractivity contribution in [1.29, 1.82) is 0 Å². The van der Waals surface area contributed by atoms with Crippen molar-refractivity contribution in [1.82, 2.24) is 19.5 Å². The van der Waals surface area contributed by atoms with Crippen LogP contribution in [0.5, 0.6) is 0 Å². The molecule has 0 fully saturated rings. The molecule has 3 atom stereocenters. The third kappa shape index (κ3) is 5.05. The molecule has 2 aliphatic heterocycles. The Morgan fingerprint density at radius 3 is 2.39 bits per heavy atom. The first kappa shape index (κ1) is 23.2. The van der Waals surface area contributed by atoms with Crippen molar-refractivity contribution in [2.45, 2.75) is 38.7 Å². The van der Waals surface area contributed by atoms with E-state index in [1.165, 1.54) is 4.57 Å². The Morgan fingerprint density at radius 1 is 1.10 bits per heavy atom. The number of aryl methyl sites for hydroxylation is 2. The van der Waals surface area contributed by atoms with E-state index in [1.807, 2.05) is 18.8 Å². The maximum absolute atomic E-state index is 12.2. The van der Waals surface area contributed by atoms with Gasteiger partial charge in [0.2, 0.25) is 0 Å². The Kier molecular flexibility index (Phi) is 6.39. The highest BCUT2D eigenvalue weighted by Gasteiger charge is 2.29. The Morgan fingerprint density at radius 2 is 1.74 bits per heavy atom. The molecule has 0 saturated carbocycles. The highest BCUT2D eigenvalue weighted by Crippen LogP contribution is 2.36. The van der Waals surface area contributed by atoms with Gasteiger partial charge in [-0.25, -0.2) is 14.3 Å². The van der Waals surface area contributed by atoms with Crippen molar-refractivity contribution < 1.29 is 34.2 Å². The molecular weight excluding hydrogens is 435 g/mol. The lowest BCUT2D eigenvalue weighted by Gasteiger charge is -2.25. The average Bonchev–Trinajstić information content (AvgIpc) is 2.67. The van der Waals surface area contributed by atoms with E-state index in [0.717, 1.165) is 11.1 Å². The van der Waals surface area contributed by atoms with E-state index >= 15 is 0 Å². The average molecular weight is 456 g/mol. The minimum atomic E-state index is -4.89. The summed E-state index contributed by atoms with van der Waals surface area (Å²) >= 11 is 0. The smallest absolute Gasteiger partial charge is 0.388 e. The quantitative estimate of drug-likeness (QED) is 0.176. The third-order valence-electron chi connectivity index (χ3n) is 4.80. The van der Waals surface area contributed by atoms with Crippen molar-refractivity contribution in [2.24, 2.45) is 0 Å². The van der Waals surface area contributed by atoms with Crippen molar-refractivity contribution in [3.63, 3.8) is 0 Å². The minimum absolute atomic E-state index is 0.142. The van der Waals surface area contributed by atoms with Gasteiger partial charge in [0.05, 0.1) is 24.2 Å². The summed E-state index contributed by atoms with van der Waals surface area (Å²) in [6.45, 7) is 2.29. The third-order valence-corrected chi connectivity index (χ3v) is 5.28. The molecule has 0 bridgehead atoms. The molecule has 1 aromatic rings. The summed E-state index contributed by atoms with van der Waals surface area (Å²) in [5.74, 6) is -0.142. The van der Waals surface area contributed by atoms with Gasteiger partial charge in [0.15, 0.2) is 11.5 Å². The maximum Gasteiger partial charge on any atom is 0.469 e. The van der Waals surface area contributed by atoms with Gasteiger partial charge in [-0.05, 0) is 37.1 Å². The molecule has 168 valence electrons. The number of phosphoric acid groups is 1. The fraction of sp³-hybridized carbons (Fsp3) is 0.412. The Labute approximate surface area is 174 Å². The van der Waals surface area contributed by atoms with Gasteiger partial charge in [-0.2, -0.15) is 4.98 Å². The first-order valence-electron chi connectivity index (χ1n) is 9.03. The van der Waals surface area contributed by atoms with Gasteiger partial charge in [0.25, 0.3) is 5.56 Å². The fourth-order valence-electron chi connectivity index (χ4n) is 3.06. The van der Waals surface area contributed by atoms with Crippen LogP contribution in [0.15, 0.2) is 21.7 Å². The molecule has 0 spiro atoms. The van der Waals surface area contributed by atoms with Crippen LogP contribution in [0.2, 0.25) is 0 Å². The summed E-state index contributed by atoms with van der Waals surface area (Å²) in [4.78, 5) is 51.5. The van der Waals surface area contributed by atoms with Gasteiger partial charge in [0.1, 0.15) is 18.3 Å². The molecule has 2 aliphatic rings. The number of aliphatic hydroxyl groups is 3. The van der Waals surface area contributed by atoms with E-state index in [1.54, 1.807) is 12.1 Å². The molecule has 13 nitrogen and oxygen atoms in total. The van der Waals surface area contributed by atoms with Gasteiger partial charge in [-0.1, -0.05) is 0 Å². The van der Waals surface area contributed by atoms with Gasteiger partial charge < -0.3 is 29.7 Å². The first-order valence-corrected chi connectivity index (χ1v) is 10.6. The predicted molar refractivity (Wildman–Crippen MR) is 107 cm³/mol. The van der Waals surface area contributed by atoms with Crippen LogP contribution in [-0.4, -0.2) is 69.5 Å². The van der Waals surface area contributed by atoms with E-state index in [4.69, 9.17) is 9.79 Å². The number of fused-ring (bicyclic) bond motifs is 2. The fourth-order valence-corrected chi connectivity index (χ4v) is 3.41. The Hall–Kier alpha value is -2.51. The summed E-state index contributed by atoms with van der Waals surface area (Å²) in [6, 6.07) is 3.41. The maximum atomic E-state index is 12.2. The number of nitrogens with zero attached hydrogens (tertiary/aromatic N) is 3. The van der Waals surface area contributed by atoms with E-state index in [-0.39, 0.29) is 11.5 Å². The molecule has 0 radical (unpaired) electrons. The SMILES string of the molecule is Cc1cc2nc3c(=O)[nH]c(=O)nc-3n(CC(O)C(O)C(O)COP(=O)(O)O)c2cc1C. The van der Waals surface area contributed by atoms with Crippen LogP contribution in [0.1, 0.15) is 11.1 Å². The lowest BCUT2D eigenvalue weighted by atomic mass is 10.1. The van der Waals surface area contributed by atoms with E-state index < -0.39 is 50.5 Å². The highest BCUT2D eigenvalue weighted by molar-refractivity contribution is 7.46. The standard InChI is InChI=1S/C17H21N4O9P/c1-7-3-9-10(4-8(7)2)21(15-13(18-9)16(25)20-17(26)19-15)5-11(22)14(24)12(23)6-30-31(27,28)29/h3-4,11-12,14,22-24H,5-6H2,1-2H3,(H,20,25,26)(H2,27,28,29). The van der Waals surface area contributed by atoms with Gasteiger partial charge in [-0.3, -0.25) is 14.3 Å². The molecule has 0 amide bonds. The van der Waals surface area contributed by atoms with Crippen LogP contribution in [-0.2, 0) is 15.6 Å². The van der Waals surface area contributed by atoms with Gasteiger partial charge >= 0.3 is 13.5 Å². The summed E-state index contributed by atoms with van der Waals surface area (Å²) in [6.07, 6.45) is -5.40. The lowest BCUT2D eigenvalue weighted by molar-refractivity contribution is -0.0793. The lowest BCUT2D eigenvalue weighted by Crippen LogP contribution is -2.42. The van der Waals surface area contributed by atoms with Crippen molar-refractivity contribution >= 4 is 18.9 Å². The van der Waals surface area contributed by atoms with Crippen LogP contribution in [0.3, 0.4) is 0 Å². The molecule has 14 heteroatoms. The molecule has 1 aromatic carbocycles. The number of aromatic amines is 1. The molecule has 6 N–H and O–H groups in total. The Bertz CT molecular complexity index is 1250. The molecule has 0 aliphatic carbocycles. The van der Waals surface area contributed by atoms with Crippen LogP contribution < -0.4 is 11.2 Å². The summed E-state index contributed by atoms with van der Waals surface area (Å²) in [7, 11) is -4.89. The zero-order valence-corrected chi connectivity index (χ0v) is 17.4. The largest absolute Gasteiger partial charge is 0.469 e. The van der Waals surface area contributed by atoms with Crippen molar-refractivity contribution in [2.75, 3.05) is 6.61 Å². The zero-order chi connectivity index (χ0) is 23.1. The number of phosphoric ester groups is 1. The summed E-state index contributed by atoms with van der Waals surface area (Å²) in [5.41, 5.74) is 0.618. The number of hydrogen-bond acceptors (Lipinski definition) is 9. The van der Waals surface area contributed by atoms with Crippen molar-refractivity contribution in [3.05, 3.63) is 44.1 Å². The monoisotopic (exact) mass is 456 g/mol. The molecule has 3 unspecified atom stereocenters. The van der Waals surface area contributed by atoms with Crippen LogP contribution >= 0.6 is 7.82 Å². The number of aromatic nitrogens is 4. The highest BCUT2D eigenvalue weighted by atomic mass is 31.2. The number of hydrogen-bond donors (Lipinski definition) is 6. The second-order valence-corrected chi connectivity index (χ2v) is 8.34. The molecule has 0 aromatic heterocycles. The predicted octanol–water partition coefficient (Wildman–Crippen LogP) is -1.61. The number of nitrogens with one attached hydrogen (secondary N) is 1. The number of aliphatic hydroxyl groups excluding tert-OH is 3. The second-order valence-electron chi connectivity index (χ2n) is 7.10. The van der Waals surface area contributed by atoms with E-state index in [9.17, 15) is 29.5 Å².